The number of benzene rings is 1. The molecule has 2 amide bonds. The van der Waals surface area contributed by atoms with E-state index in [0.29, 0.717) is 40.3 Å². The van der Waals surface area contributed by atoms with E-state index in [4.69, 9.17) is 9.47 Å². The minimum atomic E-state index is -1.49. The Bertz CT molecular complexity index is 685. The Morgan fingerprint density at radius 2 is 2.09 bits per heavy atom. The van der Waals surface area contributed by atoms with Gasteiger partial charge in [0.25, 0.3) is 11.1 Å². The van der Waals surface area contributed by atoms with Crippen molar-refractivity contribution in [3.8, 4) is 11.5 Å². The molecule has 8 heteroatoms. The molecule has 1 aromatic carbocycles. The van der Waals surface area contributed by atoms with Crippen LogP contribution in [0.15, 0.2) is 23.1 Å². The van der Waals surface area contributed by atoms with Gasteiger partial charge in [-0.3, -0.25) is 14.5 Å². The van der Waals surface area contributed by atoms with Gasteiger partial charge in [-0.25, -0.2) is 0 Å². The first kappa shape index (κ1) is 16.9. The zero-order valence-electron chi connectivity index (χ0n) is 12.5. The van der Waals surface area contributed by atoms with E-state index >= 15 is 0 Å². The monoisotopic (exact) mass is 336 g/mol. The fraction of sp³-hybridized carbons (Fsp3) is 0.267. The van der Waals surface area contributed by atoms with Gasteiger partial charge in [0, 0.05) is 0 Å². The smallest absolute Gasteiger partial charge is 0.293 e. The van der Waals surface area contributed by atoms with E-state index in [0.717, 1.165) is 0 Å². The molecule has 1 aliphatic rings. The molecule has 0 bridgehead atoms. The second-order valence-electron chi connectivity index (χ2n) is 4.48. The number of thioether (sulfide) groups is 1. The summed E-state index contributed by atoms with van der Waals surface area (Å²) in [6.07, 6.45) is 1.50. The highest BCUT2D eigenvalue weighted by molar-refractivity contribution is 8.18. The Balaban J connectivity index is 2.26. The summed E-state index contributed by atoms with van der Waals surface area (Å²) in [6.45, 7) is 1.58. The average Bonchev–Trinajstić information content (AvgIpc) is 2.76. The molecular weight excluding hydrogens is 322 g/mol. The number of aliphatic carboxylic acids is 1. The molecule has 0 aromatic heterocycles. The number of amides is 2. The van der Waals surface area contributed by atoms with Gasteiger partial charge in [-0.2, -0.15) is 0 Å². The third kappa shape index (κ3) is 3.84. The number of carboxylic acids is 1. The lowest BCUT2D eigenvalue weighted by Gasteiger charge is -2.12. The number of ether oxygens (including phenoxy) is 2. The van der Waals surface area contributed by atoms with E-state index in [1.54, 1.807) is 18.2 Å². The van der Waals surface area contributed by atoms with Gasteiger partial charge in [0.05, 0.1) is 31.1 Å². The molecule has 7 nitrogen and oxygen atoms in total. The van der Waals surface area contributed by atoms with Gasteiger partial charge in [0.1, 0.15) is 0 Å². The molecule has 0 atom stereocenters. The zero-order valence-corrected chi connectivity index (χ0v) is 13.3. The number of hydrogen-bond acceptors (Lipinski definition) is 7. The van der Waals surface area contributed by atoms with Crippen molar-refractivity contribution >= 4 is 35.0 Å². The first-order valence-electron chi connectivity index (χ1n) is 6.72. The van der Waals surface area contributed by atoms with Crippen molar-refractivity contribution in [3.63, 3.8) is 0 Å². The molecule has 1 heterocycles. The van der Waals surface area contributed by atoms with Crippen LogP contribution >= 0.6 is 11.8 Å². The van der Waals surface area contributed by atoms with E-state index in [1.807, 2.05) is 6.92 Å². The van der Waals surface area contributed by atoms with Crippen LogP contribution in [0.2, 0.25) is 0 Å². The number of carbonyl (C=O) groups excluding carboxylic acids is 3. The lowest BCUT2D eigenvalue weighted by molar-refractivity contribution is -0.305. The minimum absolute atomic E-state index is 0.141. The highest BCUT2D eigenvalue weighted by Crippen LogP contribution is 2.34. The summed E-state index contributed by atoms with van der Waals surface area (Å²) in [5.74, 6) is -1.08. The minimum Gasteiger partial charge on any atom is -0.548 e. The lowest BCUT2D eigenvalue weighted by atomic mass is 10.2. The first-order chi connectivity index (χ1) is 11.0. The predicted octanol–water partition coefficient (Wildman–Crippen LogP) is 0.880. The second kappa shape index (κ2) is 7.19. The second-order valence-corrected chi connectivity index (χ2v) is 5.48. The number of rotatable bonds is 6. The average molecular weight is 336 g/mol. The van der Waals surface area contributed by atoms with Gasteiger partial charge in [-0.05, 0) is 42.5 Å². The Morgan fingerprint density at radius 3 is 2.70 bits per heavy atom. The highest BCUT2D eigenvalue weighted by atomic mass is 32.2. The topological polar surface area (TPSA) is 96.0 Å². The van der Waals surface area contributed by atoms with Crippen molar-refractivity contribution in [2.75, 3.05) is 20.3 Å². The van der Waals surface area contributed by atoms with Crippen LogP contribution in [-0.4, -0.2) is 42.3 Å². The van der Waals surface area contributed by atoms with Gasteiger partial charge in [0.15, 0.2) is 11.5 Å². The maximum Gasteiger partial charge on any atom is 0.293 e. The van der Waals surface area contributed by atoms with Crippen molar-refractivity contribution in [1.82, 2.24) is 4.90 Å². The molecule has 0 radical (unpaired) electrons. The van der Waals surface area contributed by atoms with E-state index in [1.165, 1.54) is 13.2 Å². The molecule has 0 aliphatic carbocycles. The van der Waals surface area contributed by atoms with Crippen LogP contribution in [0.5, 0.6) is 11.5 Å². The fourth-order valence-corrected chi connectivity index (χ4v) is 2.80. The van der Waals surface area contributed by atoms with Crippen molar-refractivity contribution in [2.24, 2.45) is 0 Å². The zero-order chi connectivity index (χ0) is 17.0. The summed E-state index contributed by atoms with van der Waals surface area (Å²) in [7, 11) is 1.50. The fourth-order valence-electron chi connectivity index (χ4n) is 1.97. The van der Waals surface area contributed by atoms with Crippen LogP contribution in [0.3, 0.4) is 0 Å². The van der Waals surface area contributed by atoms with Gasteiger partial charge in [-0.1, -0.05) is 6.07 Å². The molecule has 23 heavy (non-hydrogen) atoms. The number of methoxy groups -OCH3 is 1. The first-order valence-corrected chi connectivity index (χ1v) is 7.54. The molecule has 1 saturated heterocycles. The normalized spacial score (nSPS) is 16.1. The maximum atomic E-state index is 12.0. The Morgan fingerprint density at radius 1 is 1.35 bits per heavy atom. The van der Waals surface area contributed by atoms with Crippen molar-refractivity contribution in [3.05, 3.63) is 28.7 Å². The van der Waals surface area contributed by atoms with Crippen LogP contribution in [0.1, 0.15) is 12.5 Å². The number of nitrogens with zero attached hydrogens (tertiary/aromatic N) is 1. The van der Waals surface area contributed by atoms with Crippen LogP contribution in [0.4, 0.5) is 4.79 Å². The Labute approximate surface area is 136 Å². The van der Waals surface area contributed by atoms with Crippen LogP contribution in [0, 0.1) is 0 Å². The summed E-state index contributed by atoms with van der Waals surface area (Å²) in [6, 6.07) is 5.07. The van der Waals surface area contributed by atoms with E-state index in [2.05, 4.69) is 0 Å². The standard InChI is InChI=1S/C15H15NO6S/c1-3-22-10-5-4-9(6-11(10)21-2)7-12-14(19)16(8-13(17)18)15(20)23-12/h4-7H,3,8H2,1-2H3,(H,17,18)/p-1/b12-7-. The van der Waals surface area contributed by atoms with Crippen LogP contribution < -0.4 is 14.6 Å². The third-order valence-corrected chi connectivity index (χ3v) is 3.85. The summed E-state index contributed by atoms with van der Waals surface area (Å²) in [5.41, 5.74) is 0.629. The summed E-state index contributed by atoms with van der Waals surface area (Å²) < 4.78 is 10.6. The molecule has 0 saturated carbocycles. The summed E-state index contributed by atoms with van der Waals surface area (Å²) in [4.78, 5) is 35.1. The Hall–Kier alpha value is -2.48. The van der Waals surface area contributed by atoms with Gasteiger partial charge in [0.2, 0.25) is 0 Å². The lowest BCUT2D eigenvalue weighted by Crippen LogP contribution is -2.40. The quantitative estimate of drug-likeness (QED) is 0.711. The van der Waals surface area contributed by atoms with Crippen molar-refractivity contribution in [2.45, 2.75) is 6.92 Å². The van der Waals surface area contributed by atoms with Crippen molar-refractivity contribution in [1.29, 1.82) is 0 Å². The third-order valence-electron chi connectivity index (χ3n) is 2.95. The van der Waals surface area contributed by atoms with E-state index in [-0.39, 0.29) is 4.91 Å². The molecule has 2 rings (SSSR count). The summed E-state index contributed by atoms with van der Waals surface area (Å²) >= 11 is 0.682. The van der Waals surface area contributed by atoms with Gasteiger partial charge in [-0.15, -0.1) is 0 Å². The summed E-state index contributed by atoms with van der Waals surface area (Å²) in [5, 5.41) is 9.94. The predicted molar refractivity (Wildman–Crippen MR) is 81.8 cm³/mol. The van der Waals surface area contributed by atoms with Gasteiger partial charge < -0.3 is 19.4 Å². The molecule has 0 spiro atoms. The van der Waals surface area contributed by atoms with E-state index < -0.39 is 23.7 Å². The largest absolute Gasteiger partial charge is 0.548 e. The molecular formula is C15H14NO6S-. The van der Waals surface area contributed by atoms with Crippen LogP contribution in [0.25, 0.3) is 6.08 Å². The van der Waals surface area contributed by atoms with Crippen LogP contribution in [-0.2, 0) is 9.59 Å². The highest BCUT2D eigenvalue weighted by Gasteiger charge is 2.34. The molecule has 0 N–H and O–H groups in total. The molecule has 122 valence electrons. The molecule has 0 unspecified atom stereocenters. The number of carbonyl (C=O) groups is 3. The molecule has 1 aromatic rings. The number of imide groups is 1. The van der Waals surface area contributed by atoms with Gasteiger partial charge >= 0.3 is 0 Å². The Kier molecular flexibility index (Phi) is 5.28. The SMILES string of the molecule is CCOc1ccc(/C=C2\SC(=O)N(CC(=O)[O-])C2=O)cc1OC. The number of carboxylic acid groups (broad SMARTS) is 1. The molecule has 1 fully saturated rings. The molecule has 1 aliphatic heterocycles. The maximum absolute atomic E-state index is 12.0. The van der Waals surface area contributed by atoms with E-state index in [9.17, 15) is 19.5 Å². The van der Waals surface area contributed by atoms with Crippen molar-refractivity contribution < 1.29 is 29.0 Å². The number of hydrogen-bond donors (Lipinski definition) is 0.